The number of carbonyl (C=O) groups is 1. The van der Waals surface area contributed by atoms with E-state index in [1.54, 1.807) is 23.9 Å². The van der Waals surface area contributed by atoms with Crippen LogP contribution in [0.15, 0.2) is 18.2 Å². The maximum Gasteiger partial charge on any atom is 0.337 e. The molecule has 5 heteroatoms. The molecule has 0 fully saturated rings. The monoisotopic (exact) mass is 292 g/mol. The first-order chi connectivity index (χ1) is 9.45. The summed E-state index contributed by atoms with van der Waals surface area (Å²) in [6.07, 6.45) is 2.07. The quantitative estimate of drug-likeness (QED) is 0.914. The molecule has 1 N–H and O–H groups in total. The van der Waals surface area contributed by atoms with Crippen LogP contribution in [0.5, 0.6) is 0 Å². The van der Waals surface area contributed by atoms with Crippen molar-refractivity contribution in [2.45, 2.75) is 38.5 Å². The smallest absolute Gasteiger partial charge is 0.337 e. The van der Waals surface area contributed by atoms with E-state index in [0.717, 1.165) is 23.4 Å². The number of carboxylic acid groups (broad SMARTS) is 1. The van der Waals surface area contributed by atoms with Gasteiger partial charge in [0.25, 0.3) is 0 Å². The molecule has 1 aromatic heterocycles. The number of fused-ring (bicyclic) bond motifs is 1. The van der Waals surface area contributed by atoms with Crippen molar-refractivity contribution in [2.24, 2.45) is 0 Å². The van der Waals surface area contributed by atoms with Gasteiger partial charge in [-0.1, -0.05) is 26.8 Å². The van der Waals surface area contributed by atoms with Gasteiger partial charge in [0, 0.05) is 17.7 Å². The molecule has 0 aliphatic rings. The number of nitrogens with zero attached hydrogens (tertiary/aromatic N) is 2. The minimum absolute atomic E-state index is 0.262. The van der Waals surface area contributed by atoms with E-state index in [4.69, 9.17) is 0 Å². The number of aromatic nitrogens is 2. The molecule has 0 bridgehead atoms. The maximum absolute atomic E-state index is 11.5. The van der Waals surface area contributed by atoms with Gasteiger partial charge in [0.15, 0.2) is 0 Å². The van der Waals surface area contributed by atoms with Gasteiger partial charge in [-0.05, 0) is 18.4 Å². The third-order valence-electron chi connectivity index (χ3n) is 3.39. The molecule has 1 aromatic carbocycles. The molecule has 0 aliphatic carbocycles. The van der Waals surface area contributed by atoms with Crippen molar-refractivity contribution >= 4 is 28.8 Å². The van der Waals surface area contributed by atoms with Crippen LogP contribution in [0.2, 0.25) is 0 Å². The topological polar surface area (TPSA) is 55.1 Å². The van der Waals surface area contributed by atoms with Crippen molar-refractivity contribution in [1.82, 2.24) is 9.55 Å². The zero-order valence-corrected chi connectivity index (χ0v) is 13.1. The molecule has 20 heavy (non-hydrogen) atoms. The number of thioether (sulfide) groups is 1. The molecule has 1 unspecified atom stereocenters. The largest absolute Gasteiger partial charge is 0.478 e. The highest BCUT2D eigenvalue weighted by molar-refractivity contribution is 7.99. The van der Waals surface area contributed by atoms with Gasteiger partial charge in [-0.25, -0.2) is 9.78 Å². The Hall–Kier alpha value is -1.49. The van der Waals surface area contributed by atoms with Crippen LogP contribution in [0.3, 0.4) is 0 Å². The van der Waals surface area contributed by atoms with Crippen LogP contribution >= 0.6 is 11.8 Å². The number of hydrogen-bond donors (Lipinski definition) is 1. The fourth-order valence-corrected chi connectivity index (χ4v) is 2.63. The highest BCUT2D eigenvalue weighted by Gasteiger charge is 2.20. The zero-order chi connectivity index (χ0) is 14.9. The Bertz CT molecular complexity index is 634. The zero-order valence-electron chi connectivity index (χ0n) is 12.3. The van der Waals surface area contributed by atoms with Gasteiger partial charge in [0.2, 0.25) is 0 Å². The van der Waals surface area contributed by atoms with E-state index in [-0.39, 0.29) is 5.92 Å². The predicted octanol–water partition coefficient (Wildman–Crippen LogP) is 3.61. The molecule has 0 saturated carbocycles. The molecule has 1 heterocycles. The van der Waals surface area contributed by atoms with Crippen LogP contribution in [0.1, 0.15) is 42.9 Å². The third kappa shape index (κ3) is 2.68. The van der Waals surface area contributed by atoms with E-state index in [1.807, 2.05) is 6.07 Å². The number of rotatable bonds is 5. The molecule has 0 spiro atoms. The third-order valence-corrected chi connectivity index (χ3v) is 4.34. The first kappa shape index (κ1) is 14.9. The van der Waals surface area contributed by atoms with E-state index < -0.39 is 5.97 Å². The summed E-state index contributed by atoms with van der Waals surface area (Å²) >= 11 is 1.77. The van der Waals surface area contributed by atoms with Gasteiger partial charge in [-0.2, -0.15) is 11.8 Å². The molecule has 0 radical (unpaired) electrons. The Morgan fingerprint density at radius 1 is 1.40 bits per heavy atom. The molecule has 4 nitrogen and oxygen atoms in total. The van der Waals surface area contributed by atoms with Crippen LogP contribution in [0.25, 0.3) is 11.0 Å². The Labute approximate surface area is 123 Å². The van der Waals surface area contributed by atoms with Gasteiger partial charge in [0.1, 0.15) is 5.82 Å². The minimum atomic E-state index is -0.899. The number of imidazole rings is 1. The molecule has 108 valence electrons. The number of hydrogen-bond acceptors (Lipinski definition) is 3. The number of aromatic carboxylic acids is 1. The van der Waals surface area contributed by atoms with Crippen molar-refractivity contribution in [3.05, 3.63) is 29.6 Å². The standard InChI is InChI=1S/C15H20N2O2S/c1-9(2)14-16-12-7-5-6-11(15(18)19)13(12)17(14)8-10(3)20-4/h5-7,9-10H,8H2,1-4H3,(H,18,19). The Morgan fingerprint density at radius 3 is 2.65 bits per heavy atom. The lowest BCUT2D eigenvalue weighted by Gasteiger charge is -2.16. The summed E-state index contributed by atoms with van der Waals surface area (Å²) < 4.78 is 2.07. The van der Waals surface area contributed by atoms with Crippen molar-refractivity contribution in [1.29, 1.82) is 0 Å². The lowest BCUT2D eigenvalue weighted by atomic mass is 10.1. The summed E-state index contributed by atoms with van der Waals surface area (Å²) in [5.74, 6) is 0.316. The van der Waals surface area contributed by atoms with Crippen LogP contribution in [-0.2, 0) is 6.54 Å². The fraction of sp³-hybridized carbons (Fsp3) is 0.467. The number of benzene rings is 1. The normalized spacial score (nSPS) is 13.1. The van der Waals surface area contributed by atoms with Gasteiger partial charge in [0.05, 0.1) is 16.6 Å². The summed E-state index contributed by atoms with van der Waals surface area (Å²) in [6.45, 7) is 7.09. The van der Waals surface area contributed by atoms with E-state index in [2.05, 4.69) is 36.6 Å². The van der Waals surface area contributed by atoms with Crippen LogP contribution in [-0.4, -0.2) is 32.1 Å². The highest BCUT2D eigenvalue weighted by Crippen LogP contribution is 2.26. The van der Waals surface area contributed by atoms with E-state index in [9.17, 15) is 9.90 Å². The lowest BCUT2D eigenvalue weighted by Crippen LogP contribution is -2.14. The molecule has 1 atom stereocenters. The van der Waals surface area contributed by atoms with Crippen LogP contribution in [0, 0.1) is 0 Å². The van der Waals surface area contributed by atoms with Crippen LogP contribution in [0.4, 0.5) is 0 Å². The maximum atomic E-state index is 11.5. The van der Waals surface area contributed by atoms with E-state index in [0.29, 0.717) is 10.8 Å². The molecule has 0 saturated heterocycles. The van der Waals surface area contributed by atoms with Crippen molar-refractivity contribution in [2.75, 3.05) is 6.26 Å². The van der Waals surface area contributed by atoms with Gasteiger partial charge >= 0.3 is 5.97 Å². The Kier molecular flexibility index (Phi) is 4.38. The SMILES string of the molecule is CSC(C)Cn1c(C(C)C)nc2cccc(C(=O)O)c21. The second-order valence-electron chi connectivity index (χ2n) is 5.26. The Balaban J connectivity index is 2.71. The second-order valence-corrected chi connectivity index (χ2v) is 6.54. The van der Waals surface area contributed by atoms with E-state index >= 15 is 0 Å². The van der Waals surface area contributed by atoms with Crippen molar-refractivity contribution in [3.63, 3.8) is 0 Å². The van der Waals surface area contributed by atoms with Crippen molar-refractivity contribution in [3.8, 4) is 0 Å². The fourth-order valence-electron chi connectivity index (χ4n) is 2.33. The summed E-state index contributed by atoms with van der Waals surface area (Å²) in [5.41, 5.74) is 1.83. The molecule has 0 aliphatic heterocycles. The Morgan fingerprint density at radius 2 is 2.10 bits per heavy atom. The van der Waals surface area contributed by atoms with Crippen molar-refractivity contribution < 1.29 is 9.90 Å². The predicted molar refractivity (Wildman–Crippen MR) is 83.8 cm³/mol. The second kappa shape index (κ2) is 5.87. The average molecular weight is 292 g/mol. The summed E-state index contributed by atoms with van der Waals surface area (Å²) in [4.78, 5) is 16.1. The van der Waals surface area contributed by atoms with E-state index in [1.165, 1.54) is 0 Å². The van der Waals surface area contributed by atoms with Crippen LogP contribution < -0.4 is 0 Å². The minimum Gasteiger partial charge on any atom is -0.478 e. The average Bonchev–Trinajstić information content (AvgIpc) is 2.77. The first-order valence-corrected chi connectivity index (χ1v) is 7.99. The molecule has 0 amide bonds. The molecule has 2 rings (SSSR count). The molecule has 2 aromatic rings. The summed E-state index contributed by atoms with van der Waals surface area (Å²) in [6, 6.07) is 5.29. The van der Waals surface area contributed by atoms with Gasteiger partial charge in [-0.3, -0.25) is 0 Å². The van der Waals surface area contributed by atoms with Gasteiger partial charge < -0.3 is 9.67 Å². The molecular formula is C15H20N2O2S. The summed E-state index contributed by atoms with van der Waals surface area (Å²) in [7, 11) is 0. The lowest BCUT2D eigenvalue weighted by molar-refractivity contribution is 0.0698. The number of carboxylic acids is 1. The summed E-state index contributed by atoms with van der Waals surface area (Å²) in [5, 5.41) is 9.81. The number of para-hydroxylation sites is 1. The first-order valence-electron chi connectivity index (χ1n) is 6.71. The highest BCUT2D eigenvalue weighted by atomic mass is 32.2. The van der Waals surface area contributed by atoms with Gasteiger partial charge in [-0.15, -0.1) is 0 Å². The molecular weight excluding hydrogens is 272 g/mol.